The van der Waals surface area contributed by atoms with E-state index in [-0.39, 0.29) is 17.2 Å². The maximum atomic E-state index is 11.2. The average molecular weight is 394 g/mol. The van der Waals surface area contributed by atoms with E-state index in [2.05, 4.69) is 16.9 Å². The topological polar surface area (TPSA) is 54.0 Å². The molecule has 29 heavy (non-hydrogen) atoms. The molecular formula is C24H26O5. The highest BCUT2D eigenvalue weighted by Gasteiger charge is 2.51. The predicted molar refractivity (Wildman–Crippen MR) is 109 cm³/mol. The molecule has 0 amide bonds. The highest BCUT2D eigenvalue weighted by Crippen LogP contribution is 2.51. The van der Waals surface area contributed by atoms with Gasteiger partial charge in [-0.3, -0.25) is 0 Å². The molecule has 2 heterocycles. The molecule has 3 fully saturated rings. The molecule has 5 rings (SSSR count). The molecule has 2 aliphatic heterocycles. The van der Waals surface area contributed by atoms with Crippen molar-refractivity contribution in [2.24, 2.45) is 0 Å². The van der Waals surface area contributed by atoms with Gasteiger partial charge in [0, 0.05) is 6.08 Å². The minimum atomic E-state index is -0.369. The smallest absolute Gasteiger partial charge is 0.330 e. The van der Waals surface area contributed by atoms with E-state index in [1.54, 1.807) is 6.08 Å². The van der Waals surface area contributed by atoms with E-state index in [0.29, 0.717) is 13.2 Å². The van der Waals surface area contributed by atoms with Gasteiger partial charge in [0.15, 0.2) is 0 Å². The Morgan fingerprint density at radius 2 is 1.79 bits per heavy atom. The molecule has 0 unspecified atom stereocenters. The van der Waals surface area contributed by atoms with Gasteiger partial charge in [0.2, 0.25) is 0 Å². The number of hydrogen-bond donors (Lipinski definition) is 0. The molecule has 152 valence electrons. The molecule has 2 aromatic rings. The number of para-hydroxylation sites is 1. The summed E-state index contributed by atoms with van der Waals surface area (Å²) in [5.74, 6) is 1.27. The maximum absolute atomic E-state index is 11.2. The Morgan fingerprint density at radius 3 is 2.48 bits per heavy atom. The summed E-state index contributed by atoms with van der Waals surface area (Å²) >= 11 is 0. The van der Waals surface area contributed by atoms with Crippen LogP contribution in [-0.4, -0.2) is 31.9 Å². The van der Waals surface area contributed by atoms with Crippen molar-refractivity contribution >= 4 is 5.97 Å². The number of benzene rings is 2. The highest BCUT2D eigenvalue weighted by atomic mass is 16.6. The van der Waals surface area contributed by atoms with Crippen molar-refractivity contribution in [3.05, 3.63) is 72.3 Å². The van der Waals surface area contributed by atoms with Gasteiger partial charge in [-0.15, -0.1) is 0 Å². The number of esters is 1. The van der Waals surface area contributed by atoms with Crippen LogP contribution >= 0.6 is 0 Å². The standard InChI is InChI=1S/C24H26O5/c1-26-22(25)11-6-16-27-23-12-14-24(15-13-23,28-18-23)19-7-5-10-21(17-19)29-20-8-3-2-4-9-20/h2-11,17H,12-16,18H2,1H3. The number of fused-ring (bicyclic) bond motifs is 3. The first kappa shape index (κ1) is 19.7. The number of carbonyl (C=O) groups excluding carboxylic acids is 1. The van der Waals surface area contributed by atoms with Crippen molar-refractivity contribution < 1.29 is 23.7 Å². The number of ether oxygens (including phenoxy) is 4. The van der Waals surface area contributed by atoms with Crippen molar-refractivity contribution in [1.29, 1.82) is 0 Å². The Bertz CT molecular complexity index is 849. The van der Waals surface area contributed by atoms with Gasteiger partial charge in [-0.1, -0.05) is 36.4 Å². The zero-order valence-electron chi connectivity index (χ0n) is 16.6. The zero-order valence-corrected chi connectivity index (χ0v) is 16.6. The second-order valence-electron chi connectivity index (χ2n) is 7.65. The molecule has 0 spiro atoms. The van der Waals surface area contributed by atoms with Gasteiger partial charge in [-0.2, -0.15) is 0 Å². The first-order chi connectivity index (χ1) is 14.1. The lowest BCUT2D eigenvalue weighted by molar-refractivity contribution is -0.236. The van der Waals surface area contributed by atoms with E-state index in [9.17, 15) is 4.79 Å². The number of rotatable bonds is 7. The summed E-state index contributed by atoms with van der Waals surface area (Å²) in [6, 6.07) is 18.0. The summed E-state index contributed by atoms with van der Waals surface area (Å²) in [5.41, 5.74) is 0.619. The van der Waals surface area contributed by atoms with E-state index in [1.807, 2.05) is 42.5 Å². The van der Waals surface area contributed by atoms with Gasteiger partial charge in [-0.05, 0) is 55.5 Å². The zero-order chi connectivity index (χ0) is 20.2. The average Bonchev–Trinajstić information content (AvgIpc) is 2.79. The summed E-state index contributed by atoms with van der Waals surface area (Å²) in [6.45, 7) is 0.939. The Kier molecular flexibility index (Phi) is 5.69. The first-order valence-corrected chi connectivity index (χ1v) is 9.99. The lowest BCUT2D eigenvalue weighted by Gasteiger charge is -2.52. The van der Waals surface area contributed by atoms with Crippen molar-refractivity contribution in [2.45, 2.75) is 36.9 Å². The number of carbonyl (C=O) groups is 1. The van der Waals surface area contributed by atoms with Crippen molar-refractivity contribution in [2.75, 3.05) is 20.3 Å². The van der Waals surface area contributed by atoms with E-state index >= 15 is 0 Å². The molecule has 2 aromatic carbocycles. The predicted octanol–water partition coefficient (Wildman–Crippen LogP) is 4.76. The maximum Gasteiger partial charge on any atom is 0.330 e. The van der Waals surface area contributed by atoms with E-state index in [1.165, 1.54) is 13.2 Å². The molecule has 2 saturated heterocycles. The van der Waals surface area contributed by atoms with E-state index in [0.717, 1.165) is 42.7 Å². The fourth-order valence-electron chi connectivity index (χ4n) is 4.13. The van der Waals surface area contributed by atoms with Crippen LogP contribution in [0.1, 0.15) is 31.2 Å². The molecule has 1 aliphatic carbocycles. The van der Waals surface area contributed by atoms with Crippen molar-refractivity contribution in [3.8, 4) is 11.5 Å². The molecule has 1 saturated carbocycles. The minimum Gasteiger partial charge on any atom is -0.466 e. The van der Waals surface area contributed by atoms with Gasteiger partial charge in [0.1, 0.15) is 11.5 Å². The molecular weight excluding hydrogens is 368 g/mol. The third-order valence-corrected chi connectivity index (χ3v) is 5.86. The summed E-state index contributed by atoms with van der Waals surface area (Å²) < 4.78 is 23.0. The Morgan fingerprint density at radius 1 is 1.03 bits per heavy atom. The van der Waals surface area contributed by atoms with Crippen LogP contribution in [-0.2, 0) is 24.6 Å². The second-order valence-corrected chi connectivity index (χ2v) is 7.65. The summed E-state index contributed by atoms with van der Waals surface area (Å²) in [7, 11) is 1.36. The fourth-order valence-corrected chi connectivity index (χ4v) is 4.13. The van der Waals surface area contributed by atoms with Gasteiger partial charge in [0.05, 0.1) is 31.5 Å². The van der Waals surface area contributed by atoms with Crippen molar-refractivity contribution in [1.82, 2.24) is 0 Å². The summed E-state index contributed by atoms with van der Waals surface area (Å²) in [6.07, 6.45) is 6.77. The van der Waals surface area contributed by atoms with E-state index < -0.39 is 0 Å². The number of hydrogen-bond acceptors (Lipinski definition) is 5. The summed E-state index contributed by atoms with van der Waals surface area (Å²) in [5, 5.41) is 0. The van der Waals surface area contributed by atoms with Gasteiger partial charge >= 0.3 is 5.97 Å². The van der Waals surface area contributed by atoms with Crippen LogP contribution < -0.4 is 4.74 Å². The second kappa shape index (κ2) is 8.39. The fraction of sp³-hybridized carbons (Fsp3) is 0.375. The molecule has 0 radical (unpaired) electrons. The molecule has 5 nitrogen and oxygen atoms in total. The largest absolute Gasteiger partial charge is 0.466 e. The van der Waals surface area contributed by atoms with Crippen LogP contribution in [0.3, 0.4) is 0 Å². The summed E-state index contributed by atoms with van der Waals surface area (Å²) in [4.78, 5) is 11.2. The quantitative estimate of drug-likeness (QED) is 0.500. The number of methoxy groups -OCH3 is 1. The molecule has 5 heteroatoms. The minimum absolute atomic E-state index is 0.264. The normalized spacial score (nSPS) is 25.8. The van der Waals surface area contributed by atoms with Crippen molar-refractivity contribution in [3.63, 3.8) is 0 Å². The third kappa shape index (κ3) is 4.36. The lowest BCUT2D eigenvalue weighted by Crippen LogP contribution is -2.54. The van der Waals surface area contributed by atoms with E-state index in [4.69, 9.17) is 14.2 Å². The van der Waals surface area contributed by atoms with Gasteiger partial charge in [-0.25, -0.2) is 4.79 Å². The Hall–Kier alpha value is -2.63. The van der Waals surface area contributed by atoms with Crippen LogP contribution in [0.25, 0.3) is 0 Å². The Balaban J connectivity index is 1.40. The van der Waals surface area contributed by atoms with Crippen LogP contribution in [0.15, 0.2) is 66.7 Å². The molecule has 0 N–H and O–H groups in total. The van der Waals surface area contributed by atoms with Crippen LogP contribution in [0.5, 0.6) is 11.5 Å². The van der Waals surface area contributed by atoms with Gasteiger partial charge < -0.3 is 18.9 Å². The van der Waals surface area contributed by atoms with Crippen LogP contribution in [0.4, 0.5) is 0 Å². The van der Waals surface area contributed by atoms with Gasteiger partial charge in [0.25, 0.3) is 0 Å². The molecule has 0 aromatic heterocycles. The first-order valence-electron chi connectivity index (χ1n) is 9.99. The SMILES string of the molecule is COC(=O)C=CCOC12CCC(c3cccc(Oc4ccccc4)c3)(CC1)OC2. The molecule has 2 bridgehead atoms. The highest BCUT2D eigenvalue weighted by molar-refractivity contribution is 5.81. The molecule has 0 atom stereocenters. The monoisotopic (exact) mass is 394 g/mol. The van der Waals surface area contributed by atoms with Crippen LogP contribution in [0, 0.1) is 0 Å². The molecule has 3 aliphatic rings. The third-order valence-electron chi connectivity index (χ3n) is 5.86. The van der Waals surface area contributed by atoms with Crippen LogP contribution in [0.2, 0.25) is 0 Å². The lowest BCUT2D eigenvalue weighted by atomic mass is 9.70. The Labute approximate surface area is 171 Å².